The van der Waals surface area contributed by atoms with Crippen molar-refractivity contribution in [2.24, 2.45) is 7.05 Å². The van der Waals surface area contributed by atoms with Crippen LogP contribution in [0.5, 0.6) is 0 Å². The molecule has 1 aromatic carbocycles. The number of hydrogen-bond acceptors (Lipinski definition) is 4. The lowest BCUT2D eigenvalue weighted by Crippen LogP contribution is -2.41. The van der Waals surface area contributed by atoms with E-state index in [1.165, 1.54) is 0 Å². The summed E-state index contributed by atoms with van der Waals surface area (Å²) in [5.74, 6) is 1.62. The Balaban J connectivity index is 1.31. The fraction of sp³-hybridized carbons (Fsp3) is 0.591. The van der Waals surface area contributed by atoms with Gasteiger partial charge in [-0.25, -0.2) is 4.98 Å². The summed E-state index contributed by atoms with van der Waals surface area (Å²) in [6.07, 6.45) is 3.53. The lowest BCUT2D eigenvalue weighted by molar-refractivity contribution is -0.136. The van der Waals surface area contributed by atoms with Gasteiger partial charge in [0.2, 0.25) is 11.8 Å². The predicted molar refractivity (Wildman–Crippen MR) is 111 cm³/mol. The molecule has 2 saturated heterocycles. The average Bonchev–Trinajstić information content (AvgIpc) is 3.11. The van der Waals surface area contributed by atoms with Crippen LogP contribution in [0.4, 0.5) is 0 Å². The van der Waals surface area contributed by atoms with Crippen LogP contribution in [-0.4, -0.2) is 70.6 Å². The van der Waals surface area contributed by atoms with Crippen molar-refractivity contribution >= 4 is 22.8 Å². The van der Waals surface area contributed by atoms with E-state index in [4.69, 9.17) is 9.72 Å². The van der Waals surface area contributed by atoms with Gasteiger partial charge in [0, 0.05) is 52.0 Å². The molecular weight excluding hydrogens is 368 g/mol. The highest BCUT2D eigenvalue weighted by molar-refractivity contribution is 5.79. The Labute approximate surface area is 171 Å². The molecule has 2 aliphatic rings. The van der Waals surface area contributed by atoms with Crippen molar-refractivity contribution < 1.29 is 14.3 Å². The minimum absolute atomic E-state index is 0.136. The van der Waals surface area contributed by atoms with E-state index in [-0.39, 0.29) is 17.7 Å². The Morgan fingerprint density at radius 2 is 1.79 bits per heavy atom. The first-order chi connectivity index (χ1) is 14.1. The van der Waals surface area contributed by atoms with Crippen molar-refractivity contribution in [3.8, 4) is 0 Å². The fourth-order valence-electron chi connectivity index (χ4n) is 4.46. The van der Waals surface area contributed by atoms with Gasteiger partial charge in [-0.1, -0.05) is 12.1 Å². The molecule has 0 radical (unpaired) electrons. The second-order valence-corrected chi connectivity index (χ2v) is 8.04. The molecule has 0 saturated carbocycles. The number of carbonyl (C=O) groups is 2. The number of carbonyl (C=O) groups excluding carboxylic acids is 2. The van der Waals surface area contributed by atoms with Gasteiger partial charge in [0.25, 0.3) is 0 Å². The molecule has 2 amide bonds. The van der Waals surface area contributed by atoms with Gasteiger partial charge in [-0.05, 0) is 31.4 Å². The maximum atomic E-state index is 12.7. The Hall–Kier alpha value is -2.41. The zero-order valence-corrected chi connectivity index (χ0v) is 17.2. The van der Waals surface area contributed by atoms with Crippen LogP contribution in [0.1, 0.15) is 43.8 Å². The third-order valence-electron chi connectivity index (χ3n) is 6.11. The summed E-state index contributed by atoms with van der Waals surface area (Å²) in [5, 5.41) is 0. The molecule has 1 unspecified atom stereocenters. The number of imidazole rings is 1. The van der Waals surface area contributed by atoms with Crippen LogP contribution in [0.15, 0.2) is 24.3 Å². The summed E-state index contributed by atoms with van der Waals surface area (Å²) in [6, 6.07) is 8.16. The van der Waals surface area contributed by atoms with Crippen LogP contribution < -0.4 is 0 Å². The van der Waals surface area contributed by atoms with Crippen LogP contribution in [0.25, 0.3) is 11.0 Å². The van der Waals surface area contributed by atoms with Gasteiger partial charge >= 0.3 is 0 Å². The highest BCUT2D eigenvalue weighted by Crippen LogP contribution is 2.29. The van der Waals surface area contributed by atoms with Crippen molar-refractivity contribution in [2.45, 2.75) is 38.0 Å². The molecular formula is C22H30N4O3. The maximum absolute atomic E-state index is 12.7. The number of rotatable bonds is 5. The standard InChI is InChI=1S/C22H30N4O3/c1-24-19-8-3-2-7-18(19)23-22(24)17-6-5-11-26(16-17)21(28)10-4-9-20(27)25-12-14-29-15-13-25/h2-3,7-8,17H,4-6,9-16H2,1H3. The number of morpholine rings is 1. The Morgan fingerprint density at radius 1 is 1.07 bits per heavy atom. The number of nitrogens with zero attached hydrogens (tertiary/aromatic N) is 4. The number of para-hydroxylation sites is 2. The van der Waals surface area contributed by atoms with Gasteiger partial charge in [-0.2, -0.15) is 0 Å². The van der Waals surface area contributed by atoms with E-state index in [2.05, 4.69) is 17.7 Å². The number of aromatic nitrogens is 2. The zero-order chi connectivity index (χ0) is 20.2. The number of fused-ring (bicyclic) bond motifs is 1. The molecule has 1 atom stereocenters. The van der Waals surface area contributed by atoms with Crippen molar-refractivity contribution in [3.63, 3.8) is 0 Å². The molecule has 156 valence electrons. The lowest BCUT2D eigenvalue weighted by Gasteiger charge is -2.32. The molecule has 2 fully saturated rings. The molecule has 2 aliphatic heterocycles. The number of aryl methyl sites for hydroxylation is 1. The van der Waals surface area contributed by atoms with Crippen LogP contribution in [0.2, 0.25) is 0 Å². The van der Waals surface area contributed by atoms with Crippen molar-refractivity contribution in [3.05, 3.63) is 30.1 Å². The van der Waals surface area contributed by atoms with Gasteiger partial charge in [0.1, 0.15) is 5.82 Å². The van der Waals surface area contributed by atoms with Gasteiger partial charge in [-0.3, -0.25) is 9.59 Å². The fourth-order valence-corrected chi connectivity index (χ4v) is 4.46. The molecule has 0 aliphatic carbocycles. The normalized spacial score (nSPS) is 20.2. The molecule has 4 rings (SSSR count). The van der Waals surface area contributed by atoms with E-state index in [0.717, 1.165) is 36.2 Å². The number of hydrogen-bond donors (Lipinski definition) is 0. The number of benzene rings is 1. The molecule has 3 heterocycles. The third kappa shape index (κ3) is 4.45. The highest BCUT2D eigenvalue weighted by Gasteiger charge is 2.28. The van der Waals surface area contributed by atoms with Crippen LogP contribution in [0.3, 0.4) is 0 Å². The molecule has 1 aromatic heterocycles. The first kappa shape index (κ1) is 19.9. The smallest absolute Gasteiger partial charge is 0.222 e. The van der Waals surface area contributed by atoms with E-state index in [1.54, 1.807) is 0 Å². The Bertz CT molecular complexity index is 872. The van der Waals surface area contributed by atoms with Gasteiger partial charge < -0.3 is 19.1 Å². The van der Waals surface area contributed by atoms with Gasteiger partial charge in [-0.15, -0.1) is 0 Å². The Kier molecular flexibility index (Phi) is 6.13. The molecule has 7 nitrogen and oxygen atoms in total. The second kappa shape index (κ2) is 8.95. The van der Waals surface area contributed by atoms with Crippen molar-refractivity contribution in [1.29, 1.82) is 0 Å². The molecule has 29 heavy (non-hydrogen) atoms. The predicted octanol–water partition coefficient (Wildman–Crippen LogP) is 2.31. The minimum Gasteiger partial charge on any atom is -0.378 e. The molecule has 0 N–H and O–H groups in total. The van der Waals surface area contributed by atoms with Gasteiger partial charge in [0.05, 0.1) is 24.2 Å². The summed E-state index contributed by atoms with van der Waals surface area (Å²) in [4.78, 5) is 33.6. The summed E-state index contributed by atoms with van der Waals surface area (Å²) in [5.41, 5.74) is 2.14. The minimum atomic E-state index is 0.136. The third-order valence-corrected chi connectivity index (χ3v) is 6.11. The number of ether oxygens (including phenoxy) is 1. The van der Waals surface area contributed by atoms with E-state index in [1.807, 2.05) is 28.0 Å². The van der Waals surface area contributed by atoms with Crippen LogP contribution in [0, 0.1) is 0 Å². The number of amides is 2. The first-order valence-corrected chi connectivity index (χ1v) is 10.7. The van der Waals surface area contributed by atoms with E-state index < -0.39 is 0 Å². The summed E-state index contributed by atoms with van der Waals surface area (Å²) in [6.45, 7) is 4.07. The maximum Gasteiger partial charge on any atom is 0.222 e. The van der Waals surface area contributed by atoms with Crippen LogP contribution >= 0.6 is 0 Å². The van der Waals surface area contributed by atoms with Crippen molar-refractivity contribution in [1.82, 2.24) is 19.4 Å². The van der Waals surface area contributed by atoms with Gasteiger partial charge in [0.15, 0.2) is 0 Å². The second-order valence-electron chi connectivity index (χ2n) is 8.04. The quantitative estimate of drug-likeness (QED) is 0.775. The monoisotopic (exact) mass is 398 g/mol. The van der Waals surface area contributed by atoms with E-state index in [9.17, 15) is 9.59 Å². The average molecular weight is 399 g/mol. The first-order valence-electron chi connectivity index (χ1n) is 10.7. The van der Waals surface area contributed by atoms with Crippen LogP contribution in [-0.2, 0) is 21.4 Å². The summed E-state index contributed by atoms with van der Waals surface area (Å²) in [7, 11) is 2.06. The Morgan fingerprint density at radius 3 is 2.55 bits per heavy atom. The zero-order valence-electron chi connectivity index (χ0n) is 17.2. The molecule has 0 bridgehead atoms. The highest BCUT2D eigenvalue weighted by atomic mass is 16.5. The SMILES string of the molecule is Cn1c(C2CCCN(C(=O)CCCC(=O)N3CCOCC3)C2)nc2ccccc21. The van der Waals surface area contributed by atoms with E-state index in [0.29, 0.717) is 52.1 Å². The summed E-state index contributed by atoms with van der Waals surface area (Å²) < 4.78 is 7.45. The number of piperidine rings is 1. The molecule has 2 aromatic rings. The topological polar surface area (TPSA) is 67.7 Å². The lowest BCUT2D eigenvalue weighted by atomic mass is 9.96. The molecule has 7 heteroatoms. The largest absolute Gasteiger partial charge is 0.378 e. The number of likely N-dealkylation sites (tertiary alicyclic amines) is 1. The summed E-state index contributed by atoms with van der Waals surface area (Å²) >= 11 is 0. The van der Waals surface area contributed by atoms with E-state index >= 15 is 0 Å². The molecule has 0 spiro atoms. The van der Waals surface area contributed by atoms with Crippen molar-refractivity contribution in [2.75, 3.05) is 39.4 Å².